The average molecular weight is 385 g/mol. The molecule has 0 unspecified atom stereocenters. The van der Waals surface area contributed by atoms with Gasteiger partial charge in [0.15, 0.2) is 0 Å². The maximum absolute atomic E-state index is 12.9. The van der Waals surface area contributed by atoms with Crippen molar-refractivity contribution in [1.82, 2.24) is 9.21 Å². The number of carbonyl (C=O) groups excluding carboxylic acids is 1. The van der Waals surface area contributed by atoms with E-state index in [2.05, 4.69) is 0 Å². The van der Waals surface area contributed by atoms with Crippen molar-refractivity contribution in [3.63, 3.8) is 0 Å². The Labute approximate surface area is 150 Å². The third kappa shape index (κ3) is 3.42. The predicted octanol–water partition coefficient (Wildman–Crippen LogP) is 3.26. The Balaban J connectivity index is 1.87. The Morgan fingerprint density at radius 1 is 1.21 bits per heavy atom. The number of sulfonamides is 1. The van der Waals surface area contributed by atoms with Gasteiger partial charge in [0, 0.05) is 24.5 Å². The van der Waals surface area contributed by atoms with E-state index in [-0.39, 0.29) is 10.8 Å². The second kappa shape index (κ2) is 7.35. The van der Waals surface area contributed by atoms with Crippen molar-refractivity contribution in [3.8, 4) is 0 Å². The molecule has 0 atom stereocenters. The van der Waals surface area contributed by atoms with Crippen LogP contribution in [0.1, 0.15) is 34.3 Å². The van der Waals surface area contributed by atoms with Crippen LogP contribution in [-0.4, -0.2) is 43.2 Å². The van der Waals surface area contributed by atoms with Crippen molar-refractivity contribution in [2.75, 3.05) is 19.6 Å². The van der Waals surface area contributed by atoms with E-state index in [0.717, 1.165) is 17.7 Å². The number of amides is 1. The van der Waals surface area contributed by atoms with Gasteiger partial charge in [-0.1, -0.05) is 6.07 Å². The summed E-state index contributed by atoms with van der Waals surface area (Å²) in [6.45, 7) is 4.04. The van der Waals surface area contributed by atoms with Gasteiger partial charge in [-0.25, -0.2) is 8.42 Å². The van der Waals surface area contributed by atoms with Crippen molar-refractivity contribution in [2.45, 2.75) is 31.2 Å². The summed E-state index contributed by atoms with van der Waals surface area (Å²) in [7, 11) is -3.58. The summed E-state index contributed by atoms with van der Waals surface area (Å²) >= 11 is 2.80. The highest BCUT2D eigenvalue weighted by Crippen LogP contribution is 2.29. The van der Waals surface area contributed by atoms with Gasteiger partial charge in [-0.15, -0.1) is 22.7 Å². The lowest BCUT2D eigenvalue weighted by Crippen LogP contribution is -2.33. The van der Waals surface area contributed by atoms with Crippen LogP contribution in [0.3, 0.4) is 0 Å². The molecule has 0 aromatic carbocycles. The Bertz CT molecular complexity index is 790. The van der Waals surface area contributed by atoms with Gasteiger partial charge in [-0.3, -0.25) is 4.79 Å². The van der Waals surface area contributed by atoms with Crippen molar-refractivity contribution in [1.29, 1.82) is 0 Å². The molecule has 3 rings (SSSR count). The lowest BCUT2D eigenvalue weighted by Gasteiger charge is -2.21. The smallest absolute Gasteiger partial charge is 0.265 e. The highest BCUT2D eigenvalue weighted by atomic mass is 32.2. The van der Waals surface area contributed by atoms with Crippen molar-refractivity contribution < 1.29 is 13.2 Å². The largest absolute Gasteiger partial charge is 0.333 e. The minimum atomic E-state index is -3.58. The normalized spacial score (nSPS) is 15.7. The standard InChI is InChI=1S/C16H20N2O3S3/c1-2-17(12-13-6-5-10-22-13)16(19)15-14(7-11-23-15)24(20,21)18-8-3-4-9-18/h5-7,10-11H,2-4,8-9,12H2,1H3. The molecule has 1 aliphatic rings. The second-order valence-electron chi connectivity index (χ2n) is 5.62. The fourth-order valence-corrected chi connectivity index (χ4v) is 6.38. The molecule has 24 heavy (non-hydrogen) atoms. The highest BCUT2D eigenvalue weighted by molar-refractivity contribution is 7.89. The third-order valence-electron chi connectivity index (χ3n) is 4.10. The minimum Gasteiger partial charge on any atom is -0.333 e. The molecular formula is C16H20N2O3S3. The van der Waals surface area contributed by atoms with Crippen LogP contribution in [0.15, 0.2) is 33.9 Å². The molecule has 130 valence electrons. The molecule has 1 amide bonds. The van der Waals surface area contributed by atoms with E-state index in [9.17, 15) is 13.2 Å². The molecule has 0 spiro atoms. The molecule has 1 fully saturated rings. The van der Waals surface area contributed by atoms with Gasteiger partial charge < -0.3 is 4.90 Å². The van der Waals surface area contributed by atoms with Crippen LogP contribution >= 0.6 is 22.7 Å². The molecule has 0 radical (unpaired) electrons. The van der Waals surface area contributed by atoms with E-state index in [1.54, 1.807) is 27.7 Å². The zero-order valence-electron chi connectivity index (χ0n) is 13.5. The Kier molecular flexibility index (Phi) is 5.39. The van der Waals surface area contributed by atoms with E-state index in [0.29, 0.717) is 31.1 Å². The third-order valence-corrected chi connectivity index (χ3v) is 7.94. The monoisotopic (exact) mass is 384 g/mol. The van der Waals surface area contributed by atoms with E-state index in [1.165, 1.54) is 15.6 Å². The molecule has 5 nitrogen and oxygen atoms in total. The maximum atomic E-state index is 12.9. The SMILES string of the molecule is CCN(Cc1cccs1)C(=O)c1sccc1S(=O)(=O)N1CCCC1. The lowest BCUT2D eigenvalue weighted by atomic mass is 10.3. The van der Waals surface area contributed by atoms with E-state index < -0.39 is 10.0 Å². The molecule has 3 heterocycles. The summed E-state index contributed by atoms with van der Waals surface area (Å²) in [4.78, 5) is 16.2. The first-order valence-electron chi connectivity index (χ1n) is 7.93. The first-order valence-corrected chi connectivity index (χ1v) is 11.1. The number of thiophene rings is 2. The zero-order valence-corrected chi connectivity index (χ0v) is 15.9. The quantitative estimate of drug-likeness (QED) is 0.768. The van der Waals surface area contributed by atoms with Gasteiger partial charge in [0.1, 0.15) is 9.77 Å². The number of carbonyl (C=O) groups is 1. The number of rotatable bonds is 6. The van der Waals surface area contributed by atoms with Crippen molar-refractivity contribution in [2.24, 2.45) is 0 Å². The van der Waals surface area contributed by atoms with Crippen molar-refractivity contribution in [3.05, 3.63) is 38.7 Å². The van der Waals surface area contributed by atoms with Gasteiger partial charge in [-0.2, -0.15) is 4.31 Å². The molecule has 8 heteroatoms. The van der Waals surface area contributed by atoms with E-state index >= 15 is 0 Å². The zero-order chi connectivity index (χ0) is 17.2. The average Bonchev–Trinajstić information content (AvgIpc) is 3.34. The Morgan fingerprint density at radius 3 is 2.58 bits per heavy atom. The fraction of sp³-hybridized carbons (Fsp3) is 0.438. The first kappa shape index (κ1) is 17.6. The molecule has 0 N–H and O–H groups in total. The Hall–Kier alpha value is -1.22. The van der Waals surface area contributed by atoms with Crippen LogP contribution in [-0.2, 0) is 16.6 Å². The predicted molar refractivity (Wildman–Crippen MR) is 97.0 cm³/mol. The van der Waals surface area contributed by atoms with Gasteiger partial charge >= 0.3 is 0 Å². The number of nitrogens with zero attached hydrogens (tertiary/aromatic N) is 2. The van der Waals surface area contributed by atoms with Crippen LogP contribution in [0.2, 0.25) is 0 Å². The van der Waals surface area contributed by atoms with Gasteiger partial charge in [0.25, 0.3) is 5.91 Å². The van der Waals surface area contributed by atoms with Crippen LogP contribution in [0.25, 0.3) is 0 Å². The van der Waals surface area contributed by atoms with Crippen LogP contribution in [0, 0.1) is 0 Å². The van der Waals surface area contributed by atoms with Gasteiger partial charge in [0.05, 0.1) is 6.54 Å². The molecule has 2 aromatic rings. The summed E-state index contributed by atoms with van der Waals surface area (Å²) in [6.07, 6.45) is 1.76. The summed E-state index contributed by atoms with van der Waals surface area (Å²) < 4.78 is 27.1. The summed E-state index contributed by atoms with van der Waals surface area (Å²) in [5, 5.41) is 3.66. The summed E-state index contributed by atoms with van der Waals surface area (Å²) in [6, 6.07) is 5.49. The van der Waals surface area contributed by atoms with Crippen molar-refractivity contribution >= 4 is 38.6 Å². The molecule has 1 aliphatic heterocycles. The Morgan fingerprint density at radius 2 is 1.96 bits per heavy atom. The highest BCUT2D eigenvalue weighted by Gasteiger charge is 2.33. The second-order valence-corrected chi connectivity index (χ2v) is 9.48. The van der Waals surface area contributed by atoms with E-state index in [4.69, 9.17) is 0 Å². The topological polar surface area (TPSA) is 57.7 Å². The van der Waals surface area contributed by atoms with Gasteiger partial charge in [-0.05, 0) is 42.7 Å². The summed E-state index contributed by atoms with van der Waals surface area (Å²) in [5.74, 6) is -0.210. The molecule has 2 aromatic heterocycles. The maximum Gasteiger partial charge on any atom is 0.265 e. The first-order chi connectivity index (χ1) is 11.5. The number of hydrogen-bond acceptors (Lipinski definition) is 5. The molecule has 0 bridgehead atoms. The van der Waals surface area contributed by atoms with Crippen LogP contribution < -0.4 is 0 Å². The lowest BCUT2D eigenvalue weighted by molar-refractivity contribution is 0.0755. The van der Waals surface area contributed by atoms with Gasteiger partial charge in [0.2, 0.25) is 10.0 Å². The molecular weight excluding hydrogens is 364 g/mol. The minimum absolute atomic E-state index is 0.157. The molecule has 0 aliphatic carbocycles. The van der Waals surface area contributed by atoms with Crippen LogP contribution in [0.4, 0.5) is 0 Å². The number of hydrogen-bond donors (Lipinski definition) is 0. The van der Waals surface area contributed by atoms with Crippen LogP contribution in [0.5, 0.6) is 0 Å². The van der Waals surface area contributed by atoms with E-state index in [1.807, 2.05) is 24.4 Å². The summed E-state index contributed by atoms with van der Waals surface area (Å²) in [5.41, 5.74) is 0. The molecule has 1 saturated heterocycles. The molecule has 0 saturated carbocycles. The fourth-order valence-electron chi connectivity index (χ4n) is 2.79.